The van der Waals surface area contributed by atoms with E-state index in [1.807, 2.05) is 11.8 Å². The van der Waals surface area contributed by atoms with Crippen LogP contribution in [0.4, 0.5) is 0 Å². The fourth-order valence-electron chi connectivity index (χ4n) is 1.89. The van der Waals surface area contributed by atoms with Crippen LogP contribution in [0.3, 0.4) is 0 Å². The van der Waals surface area contributed by atoms with Crippen LogP contribution in [0.15, 0.2) is 0 Å². The number of rotatable bonds is 6. The highest BCUT2D eigenvalue weighted by Gasteiger charge is 2.19. The topological polar surface area (TPSA) is 21.3 Å². The van der Waals surface area contributed by atoms with E-state index >= 15 is 0 Å². The maximum absolute atomic E-state index is 5.36. The van der Waals surface area contributed by atoms with Crippen LogP contribution in [-0.2, 0) is 4.74 Å². The van der Waals surface area contributed by atoms with Gasteiger partial charge in [-0.2, -0.15) is 11.8 Å². The maximum atomic E-state index is 5.36. The second-order valence-electron chi connectivity index (χ2n) is 3.89. The molecule has 0 aromatic heterocycles. The zero-order chi connectivity index (χ0) is 10.2. The Labute approximate surface area is 92.2 Å². The molecule has 1 N–H and O–H groups in total. The lowest BCUT2D eigenvalue weighted by molar-refractivity contribution is 0.0563. The summed E-state index contributed by atoms with van der Waals surface area (Å²) in [6.45, 7) is 7.59. The molecule has 3 heteroatoms. The van der Waals surface area contributed by atoms with Gasteiger partial charge in [0.05, 0.1) is 0 Å². The molecule has 0 bridgehead atoms. The number of ether oxygens (including phenoxy) is 1. The second-order valence-corrected chi connectivity index (χ2v) is 5.28. The Hall–Kier alpha value is 0.270. The third-order valence-corrected chi connectivity index (χ3v) is 3.79. The van der Waals surface area contributed by atoms with Crippen molar-refractivity contribution < 1.29 is 4.74 Å². The largest absolute Gasteiger partial charge is 0.381 e. The van der Waals surface area contributed by atoms with Crippen LogP contribution < -0.4 is 5.32 Å². The number of thioether (sulfide) groups is 1. The molecule has 0 amide bonds. The smallest absolute Gasteiger partial charge is 0.0469 e. The summed E-state index contributed by atoms with van der Waals surface area (Å²) in [4.78, 5) is 0. The van der Waals surface area contributed by atoms with Gasteiger partial charge in [0, 0.05) is 31.6 Å². The molecule has 0 aliphatic carbocycles. The molecule has 0 spiro atoms. The monoisotopic (exact) mass is 217 g/mol. The molecular formula is C11H23NOS. The Bertz CT molecular complexity index is 137. The number of nitrogens with one attached hydrogen (secondary N) is 1. The van der Waals surface area contributed by atoms with E-state index in [2.05, 4.69) is 19.2 Å². The Balaban J connectivity index is 2.04. The summed E-state index contributed by atoms with van der Waals surface area (Å²) in [5, 5.41) is 3.61. The number of hydrogen-bond donors (Lipinski definition) is 1. The molecule has 0 aromatic rings. The first kappa shape index (κ1) is 12.3. The summed E-state index contributed by atoms with van der Waals surface area (Å²) in [5.41, 5.74) is 0. The molecule has 1 fully saturated rings. The molecule has 0 aromatic carbocycles. The lowest BCUT2D eigenvalue weighted by Gasteiger charge is -2.28. The SMILES string of the molecule is CCSCCNC(C)C1CCOCC1. The normalized spacial score (nSPS) is 21.0. The molecule has 1 saturated heterocycles. The first-order valence-corrected chi connectivity index (χ1v) is 6.89. The Morgan fingerprint density at radius 3 is 2.79 bits per heavy atom. The molecule has 2 nitrogen and oxygen atoms in total. The summed E-state index contributed by atoms with van der Waals surface area (Å²) in [6, 6.07) is 0.663. The quantitative estimate of drug-likeness (QED) is 0.689. The van der Waals surface area contributed by atoms with Gasteiger partial charge >= 0.3 is 0 Å². The Morgan fingerprint density at radius 1 is 1.43 bits per heavy atom. The van der Waals surface area contributed by atoms with Crippen molar-refractivity contribution in [3.8, 4) is 0 Å². The number of hydrogen-bond acceptors (Lipinski definition) is 3. The fourth-order valence-corrected chi connectivity index (χ4v) is 2.44. The van der Waals surface area contributed by atoms with Crippen LogP contribution in [0.2, 0.25) is 0 Å². The average molecular weight is 217 g/mol. The van der Waals surface area contributed by atoms with Crippen molar-refractivity contribution in [2.45, 2.75) is 32.7 Å². The highest BCUT2D eigenvalue weighted by Crippen LogP contribution is 2.18. The second kappa shape index (κ2) is 7.55. The van der Waals surface area contributed by atoms with Crippen LogP contribution in [0, 0.1) is 5.92 Å². The third kappa shape index (κ3) is 4.67. The summed E-state index contributed by atoms with van der Waals surface area (Å²) in [5.74, 6) is 3.30. The van der Waals surface area contributed by atoms with E-state index in [9.17, 15) is 0 Å². The first-order valence-electron chi connectivity index (χ1n) is 5.73. The van der Waals surface area contributed by atoms with Crippen molar-refractivity contribution in [3.63, 3.8) is 0 Å². The van der Waals surface area contributed by atoms with Crippen molar-refractivity contribution in [3.05, 3.63) is 0 Å². The van der Waals surface area contributed by atoms with Crippen LogP contribution in [0.5, 0.6) is 0 Å². The first-order chi connectivity index (χ1) is 6.84. The van der Waals surface area contributed by atoms with Crippen LogP contribution in [0.25, 0.3) is 0 Å². The van der Waals surface area contributed by atoms with E-state index < -0.39 is 0 Å². The fraction of sp³-hybridized carbons (Fsp3) is 1.00. The van der Waals surface area contributed by atoms with Crippen molar-refractivity contribution in [1.29, 1.82) is 0 Å². The van der Waals surface area contributed by atoms with Crippen molar-refractivity contribution >= 4 is 11.8 Å². The average Bonchev–Trinajstić information content (AvgIpc) is 2.25. The predicted molar refractivity (Wildman–Crippen MR) is 64.0 cm³/mol. The van der Waals surface area contributed by atoms with Gasteiger partial charge in [-0.25, -0.2) is 0 Å². The minimum absolute atomic E-state index is 0.663. The summed E-state index contributed by atoms with van der Waals surface area (Å²) in [6.07, 6.45) is 2.46. The van der Waals surface area contributed by atoms with Gasteiger partial charge in [0.2, 0.25) is 0 Å². The minimum Gasteiger partial charge on any atom is -0.381 e. The molecule has 0 radical (unpaired) electrons. The van der Waals surface area contributed by atoms with Gasteiger partial charge in [-0.1, -0.05) is 6.92 Å². The van der Waals surface area contributed by atoms with Crippen LogP contribution in [-0.4, -0.2) is 37.3 Å². The zero-order valence-electron chi connectivity index (χ0n) is 9.42. The standard InChI is InChI=1S/C11H23NOS/c1-3-14-9-6-12-10(2)11-4-7-13-8-5-11/h10-12H,3-9H2,1-2H3. The highest BCUT2D eigenvalue weighted by molar-refractivity contribution is 7.99. The molecule has 1 aliphatic heterocycles. The zero-order valence-corrected chi connectivity index (χ0v) is 10.2. The van der Waals surface area contributed by atoms with Gasteiger partial charge in [-0.3, -0.25) is 0 Å². The maximum Gasteiger partial charge on any atom is 0.0469 e. The highest BCUT2D eigenvalue weighted by atomic mass is 32.2. The van der Waals surface area contributed by atoms with Crippen molar-refractivity contribution in [2.24, 2.45) is 5.92 Å². The van der Waals surface area contributed by atoms with E-state index in [-0.39, 0.29) is 0 Å². The van der Waals surface area contributed by atoms with Crippen molar-refractivity contribution in [1.82, 2.24) is 5.32 Å². The summed E-state index contributed by atoms with van der Waals surface area (Å²) < 4.78 is 5.36. The van der Waals surface area contributed by atoms with Gasteiger partial charge in [-0.05, 0) is 31.4 Å². The van der Waals surface area contributed by atoms with Gasteiger partial charge < -0.3 is 10.1 Å². The van der Waals surface area contributed by atoms with Gasteiger partial charge in [-0.15, -0.1) is 0 Å². The van der Waals surface area contributed by atoms with E-state index in [1.165, 1.54) is 24.3 Å². The molecule has 0 saturated carbocycles. The van der Waals surface area contributed by atoms with E-state index in [1.54, 1.807) is 0 Å². The van der Waals surface area contributed by atoms with Gasteiger partial charge in [0.15, 0.2) is 0 Å². The van der Waals surface area contributed by atoms with Gasteiger partial charge in [0.1, 0.15) is 0 Å². The van der Waals surface area contributed by atoms with Crippen LogP contribution >= 0.6 is 11.8 Å². The predicted octanol–water partition coefficient (Wildman–Crippen LogP) is 2.14. The molecule has 84 valence electrons. The molecule has 1 atom stereocenters. The lowest BCUT2D eigenvalue weighted by atomic mass is 9.93. The van der Waals surface area contributed by atoms with Crippen LogP contribution in [0.1, 0.15) is 26.7 Å². The molecule has 1 aliphatic rings. The van der Waals surface area contributed by atoms with E-state index in [0.717, 1.165) is 25.7 Å². The van der Waals surface area contributed by atoms with Crippen molar-refractivity contribution in [2.75, 3.05) is 31.3 Å². The minimum atomic E-state index is 0.663. The third-order valence-electron chi connectivity index (χ3n) is 2.89. The molecule has 1 rings (SSSR count). The van der Waals surface area contributed by atoms with E-state index in [4.69, 9.17) is 4.74 Å². The summed E-state index contributed by atoms with van der Waals surface area (Å²) >= 11 is 2.01. The van der Waals surface area contributed by atoms with Gasteiger partial charge in [0.25, 0.3) is 0 Å². The molecule has 14 heavy (non-hydrogen) atoms. The lowest BCUT2D eigenvalue weighted by Crippen LogP contribution is -2.37. The Kier molecular flexibility index (Phi) is 6.65. The molecular weight excluding hydrogens is 194 g/mol. The summed E-state index contributed by atoms with van der Waals surface area (Å²) in [7, 11) is 0. The molecule has 1 unspecified atom stereocenters. The molecule has 1 heterocycles. The Morgan fingerprint density at radius 2 is 2.14 bits per heavy atom. The van der Waals surface area contributed by atoms with E-state index in [0.29, 0.717) is 6.04 Å².